The van der Waals surface area contributed by atoms with Gasteiger partial charge in [-0.1, -0.05) is 0 Å². The molecule has 1 heterocycles. The van der Waals surface area contributed by atoms with Gasteiger partial charge in [0.1, 0.15) is 37.4 Å². The van der Waals surface area contributed by atoms with Crippen molar-refractivity contribution < 1.29 is 79.0 Å². The molecule has 16 nitrogen and oxygen atoms in total. The topological polar surface area (TPSA) is 275 Å². The number of rotatable bonds is 14. The molecule has 1 aliphatic rings. The zero-order chi connectivity index (χ0) is 25.6. The molecule has 1 aliphatic heterocycles. The van der Waals surface area contributed by atoms with Gasteiger partial charge in [-0.05, 0) is 0 Å². The second-order valence-electron chi connectivity index (χ2n) is 6.83. The molecule has 0 saturated carbocycles. The highest BCUT2D eigenvalue weighted by Gasteiger charge is 2.75. The number of carboxylic acid groups (broad SMARTS) is 5. The fraction of sp³-hybridized carbons (Fsp3) is 0.688. The lowest BCUT2D eigenvalue weighted by Crippen LogP contribution is -2.82. The molecule has 0 radical (unpaired) electrons. The zero-order valence-corrected chi connectivity index (χ0v) is 16.2. The van der Waals surface area contributed by atoms with Crippen molar-refractivity contribution in [2.24, 2.45) is 0 Å². The van der Waals surface area contributed by atoms with Crippen LogP contribution in [0.4, 0.5) is 0 Å². The van der Waals surface area contributed by atoms with Crippen LogP contribution in [-0.4, -0.2) is 121 Å². The Kier molecular flexibility index (Phi) is 8.05. The molecule has 182 valence electrons. The van der Waals surface area contributed by atoms with Crippen molar-refractivity contribution in [2.45, 2.75) is 48.5 Å². The van der Waals surface area contributed by atoms with E-state index in [2.05, 4.69) is 5.11 Å². The molecule has 0 aromatic rings. The average Bonchev–Trinajstić information content (AvgIpc) is 2.69. The summed E-state index contributed by atoms with van der Waals surface area (Å²) in [5.41, 5.74) is -6.41. The number of aliphatic carboxylic acids is 5. The maximum Gasteiger partial charge on any atom is 0.329 e. The molecule has 8 N–H and O–H groups in total. The van der Waals surface area contributed by atoms with E-state index < -0.39 is 98.1 Å². The van der Waals surface area contributed by atoms with Crippen LogP contribution in [0, 0.1) is 0 Å². The van der Waals surface area contributed by atoms with Gasteiger partial charge in [0.05, 0.1) is 19.4 Å². The molecule has 0 bridgehead atoms. The van der Waals surface area contributed by atoms with Crippen LogP contribution in [0.15, 0.2) is 0 Å². The van der Waals surface area contributed by atoms with Crippen LogP contribution in [0.25, 0.3) is 0 Å². The minimum Gasteiger partial charge on any atom is -0.481 e. The molecule has 32 heavy (non-hydrogen) atoms. The molecular weight excluding hydrogens is 448 g/mol. The molecule has 0 aromatic heterocycles. The maximum absolute atomic E-state index is 11.8. The first-order valence-corrected chi connectivity index (χ1v) is 8.70. The molecule has 1 saturated heterocycles. The summed E-state index contributed by atoms with van der Waals surface area (Å²) >= 11 is 0. The lowest BCUT2D eigenvalue weighted by molar-refractivity contribution is -0.431. The normalized spacial score (nSPS) is 32.6. The van der Waals surface area contributed by atoms with Crippen LogP contribution in [0.2, 0.25) is 0 Å². The van der Waals surface area contributed by atoms with Crippen molar-refractivity contribution >= 4 is 29.8 Å². The predicted molar refractivity (Wildman–Crippen MR) is 92.3 cm³/mol. The van der Waals surface area contributed by atoms with E-state index in [0.29, 0.717) is 0 Å². The van der Waals surface area contributed by atoms with Crippen LogP contribution in [-0.2, 0) is 38.2 Å². The minimum atomic E-state index is -3.26. The number of aliphatic hydroxyl groups is 3. The molecular formula is C16H22O16. The Morgan fingerprint density at radius 3 is 1.72 bits per heavy atom. The fourth-order valence-electron chi connectivity index (χ4n) is 3.60. The molecule has 1 fully saturated rings. The Labute approximate surface area is 179 Å². The standard InChI is InChI=1S/C16H22O16/c17-4-7-13(28)14(29,1-8(18)19)15(2-9(20)21,30-5-11(24)25)16(32-7,3-10(22)23)31-6-12(26)27/h7,13,17,28-29H,1-6H2,(H,18,19)(H,20,21)(H,22,23)(H,24,25)(H,26,27)/t7-,13-,14+,15-,16-/m1/s1/i29D. The van der Waals surface area contributed by atoms with E-state index in [1.165, 1.54) is 0 Å². The first-order valence-electron chi connectivity index (χ1n) is 9.11. The Balaban J connectivity index is 4.12. The van der Waals surface area contributed by atoms with E-state index in [1.807, 2.05) is 0 Å². The highest BCUT2D eigenvalue weighted by molar-refractivity contribution is 5.74. The van der Waals surface area contributed by atoms with Crippen molar-refractivity contribution in [3.8, 4) is 0 Å². The summed E-state index contributed by atoms with van der Waals surface area (Å²) in [6.45, 7) is -4.10. The summed E-state index contributed by atoms with van der Waals surface area (Å²) in [4.78, 5) is 57.5. The molecule has 0 spiro atoms. The highest BCUT2D eigenvalue weighted by Crippen LogP contribution is 2.53. The highest BCUT2D eigenvalue weighted by atomic mass is 16.7. The Bertz CT molecular complexity index is 786. The van der Waals surface area contributed by atoms with E-state index in [4.69, 9.17) is 25.9 Å². The number of carbonyl (C=O) groups is 5. The van der Waals surface area contributed by atoms with Crippen LogP contribution in [0.3, 0.4) is 0 Å². The number of hydrogen-bond acceptors (Lipinski definition) is 11. The van der Waals surface area contributed by atoms with Crippen LogP contribution in [0.1, 0.15) is 19.3 Å². The third-order valence-corrected chi connectivity index (χ3v) is 4.72. The lowest BCUT2D eigenvalue weighted by Gasteiger charge is -2.61. The SMILES string of the molecule is [2H]O[C@@]1(CC(=O)O)[C@H](O)[C@@H](CO)O[C@@](CC(=O)O)(OCC(=O)O)[C@]1(CC(=O)O)OCC(=O)O. The van der Waals surface area contributed by atoms with Gasteiger partial charge in [-0.3, -0.25) is 14.4 Å². The largest absolute Gasteiger partial charge is 0.481 e. The summed E-state index contributed by atoms with van der Waals surface area (Å²) < 4.78 is 23.0. The second-order valence-corrected chi connectivity index (χ2v) is 6.83. The van der Waals surface area contributed by atoms with Gasteiger partial charge in [0, 0.05) is 0 Å². The number of hydrogen-bond donors (Lipinski definition) is 8. The Morgan fingerprint density at radius 1 is 0.812 bits per heavy atom. The molecule has 0 amide bonds. The lowest BCUT2D eigenvalue weighted by atomic mass is 9.64. The first-order chi connectivity index (χ1) is 15.2. The molecule has 16 heteroatoms. The van der Waals surface area contributed by atoms with Gasteiger partial charge in [-0.15, -0.1) is 0 Å². The second kappa shape index (κ2) is 10.2. The van der Waals surface area contributed by atoms with Crippen molar-refractivity contribution in [1.82, 2.24) is 0 Å². The number of carboxylic acids is 5. The molecule has 0 unspecified atom stereocenters. The summed E-state index contributed by atoms with van der Waals surface area (Å²) in [7, 11) is 0. The van der Waals surface area contributed by atoms with Crippen LogP contribution in [0.5, 0.6) is 0 Å². The number of aliphatic hydroxyl groups excluding tert-OH is 2. The number of ether oxygens (including phenoxy) is 3. The molecule has 5 atom stereocenters. The summed E-state index contributed by atoms with van der Waals surface area (Å²) in [5, 5.41) is 71.3. The summed E-state index contributed by atoms with van der Waals surface area (Å²) in [5.74, 6) is -12.4. The van der Waals surface area contributed by atoms with E-state index in [9.17, 15) is 49.5 Å². The van der Waals surface area contributed by atoms with E-state index in [-0.39, 0.29) is 0 Å². The monoisotopic (exact) mass is 471 g/mol. The Morgan fingerprint density at radius 2 is 1.31 bits per heavy atom. The third-order valence-electron chi connectivity index (χ3n) is 4.72. The van der Waals surface area contributed by atoms with Gasteiger partial charge in [-0.2, -0.15) is 0 Å². The third kappa shape index (κ3) is 5.29. The quantitative estimate of drug-likeness (QED) is 0.122. The van der Waals surface area contributed by atoms with Crippen LogP contribution >= 0.6 is 0 Å². The van der Waals surface area contributed by atoms with Gasteiger partial charge in [0.15, 0.2) is 5.60 Å². The van der Waals surface area contributed by atoms with Gasteiger partial charge in [0.2, 0.25) is 7.22 Å². The van der Waals surface area contributed by atoms with E-state index >= 15 is 0 Å². The summed E-state index contributed by atoms with van der Waals surface area (Å²) in [6, 6.07) is 0. The fourth-order valence-corrected chi connectivity index (χ4v) is 3.60. The first kappa shape index (κ1) is 25.4. The van der Waals surface area contributed by atoms with Crippen LogP contribution < -0.4 is 0 Å². The van der Waals surface area contributed by atoms with Crippen molar-refractivity contribution in [3.63, 3.8) is 0 Å². The van der Waals surface area contributed by atoms with E-state index in [1.54, 1.807) is 0 Å². The van der Waals surface area contributed by atoms with E-state index in [0.717, 1.165) is 0 Å². The van der Waals surface area contributed by atoms with Crippen molar-refractivity contribution in [1.29, 1.82) is 1.43 Å². The van der Waals surface area contributed by atoms with Gasteiger partial charge >= 0.3 is 29.8 Å². The zero-order valence-electron chi connectivity index (χ0n) is 17.2. The van der Waals surface area contributed by atoms with Gasteiger partial charge < -0.3 is 55.1 Å². The van der Waals surface area contributed by atoms with Crippen molar-refractivity contribution in [3.05, 3.63) is 0 Å². The van der Waals surface area contributed by atoms with Crippen molar-refractivity contribution in [2.75, 3.05) is 19.8 Å². The van der Waals surface area contributed by atoms with Gasteiger partial charge in [0.25, 0.3) is 0 Å². The molecule has 1 rings (SSSR count). The molecule has 0 aliphatic carbocycles. The van der Waals surface area contributed by atoms with Gasteiger partial charge in [-0.25, -0.2) is 9.59 Å². The molecule has 0 aromatic carbocycles. The summed E-state index contributed by atoms with van der Waals surface area (Å²) in [6.07, 6.45) is -9.06. The minimum absolute atomic E-state index is 1.20. The maximum atomic E-state index is 11.8. The average molecular weight is 471 g/mol. The Hall–Kier alpha value is -2.89. The smallest absolute Gasteiger partial charge is 0.329 e. The predicted octanol–water partition coefficient (Wildman–Crippen LogP) is -3.47.